The van der Waals surface area contributed by atoms with Gasteiger partial charge in [0.25, 0.3) is 0 Å². The highest BCUT2D eigenvalue weighted by Crippen LogP contribution is 2.59. The summed E-state index contributed by atoms with van der Waals surface area (Å²) in [6, 6.07) is 44.5. The van der Waals surface area contributed by atoms with Crippen LogP contribution in [0.5, 0.6) is 0 Å². The number of thioether (sulfide) groups is 1. The van der Waals surface area contributed by atoms with Crippen LogP contribution >= 0.6 is 11.8 Å². The Morgan fingerprint density at radius 3 is 2.10 bits per heavy atom. The molecule has 0 amide bonds. The van der Waals surface area contributed by atoms with E-state index in [4.69, 9.17) is 0 Å². The second-order valence-corrected chi connectivity index (χ2v) is 24.7. The van der Waals surface area contributed by atoms with Crippen molar-refractivity contribution in [2.24, 2.45) is 5.41 Å². The van der Waals surface area contributed by atoms with Gasteiger partial charge in [0, 0.05) is 66.2 Å². The summed E-state index contributed by atoms with van der Waals surface area (Å²) in [5, 5.41) is 1.82. The molecule has 4 heterocycles. The fourth-order valence-corrected chi connectivity index (χ4v) is 14.7. The van der Waals surface area contributed by atoms with Crippen LogP contribution < -0.4 is 20.7 Å². The summed E-state index contributed by atoms with van der Waals surface area (Å²) < 4.78 is 2.74. The summed E-state index contributed by atoms with van der Waals surface area (Å²) >= 11 is 2.10. The molecule has 342 valence electrons. The van der Waals surface area contributed by atoms with Crippen LogP contribution in [0.2, 0.25) is 5.82 Å². The minimum Gasteiger partial charge on any atom is -0.314 e. The van der Waals surface area contributed by atoms with Crippen molar-refractivity contribution < 1.29 is 0 Å². The second kappa shape index (κ2) is 14.7. The van der Waals surface area contributed by atoms with Gasteiger partial charge in [-0.15, -0.1) is 11.8 Å². The number of para-hydroxylation sites is 2. The molecule has 2 atom stereocenters. The lowest BCUT2D eigenvalue weighted by Gasteiger charge is -2.47. The molecule has 0 spiro atoms. The van der Waals surface area contributed by atoms with Gasteiger partial charge in [0.15, 0.2) is 0 Å². The van der Waals surface area contributed by atoms with Crippen LogP contribution in [0.1, 0.15) is 107 Å². The number of hydrogen-bond donors (Lipinski definition) is 0. The van der Waals surface area contributed by atoms with E-state index in [2.05, 4.69) is 242 Å². The molecule has 0 N–H and O–H groups in total. The highest BCUT2D eigenvalue weighted by molar-refractivity contribution is 8.01. The van der Waals surface area contributed by atoms with E-state index in [1.54, 1.807) is 0 Å². The zero-order valence-electron chi connectivity index (χ0n) is 42.2. The first-order valence-corrected chi connectivity index (χ1v) is 26.2. The number of aryl methyl sites for hydroxylation is 3. The van der Waals surface area contributed by atoms with Gasteiger partial charge in [-0.05, 0) is 148 Å². The van der Waals surface area contributed by atoms with Gasteiger partial charge in [0.1, 0.15) is 0 Å². The molecule has 0 bridgehead atoms. The molecule has 6 aromatic carbocycles. The maximum Gasteiger partial charge on any atom is 0.226 e. The van der Waals surface area contributed by atoms with E-state index < -0.39 is 0 Å². The molecular weight excluding hydrogens is 854 g/mol. The summed E-state index contributed by atoms with van der Waals surface area (Å²) in [6.07, 6.45) is 12.0. The van der Waals surface area contributed by atoms with Crippen molar-refractivity contribution in [2.75, 3.05) is 9.80 Å². The van der Waals surface area contributed by atoms with Crippen LogP contribution in [-0.4, -0.2) is 16.5 Å². The Bertz CT molecular complexity index is 3500. The molecule has 1 aromatic heterocycles. The zero-order chi connectivity index (χ0) is 47.6. The smallest absolute Gasteiger partial charge is 0.226 e. The minimum absolute atomic E-state index is 0.0404. The first kappa shape index (κ1) is 42.9. The van der Waals surface area contributed by atoms with Gasteiger partial charge >= 0.3 is 0 Å². The number of fused-ring (bicyclic) bond motifs is 12. The van der Waals surface area contributed by atoms with Gasteiger partial charge in [0.05, 0.1) is 11.4 Å². The molecule has 0 saturated heterocycles. The number of benzene rings is 6. The molecule has 2 unspecified atom stereocenters. The minimum atomic E-state index is -0.154. The van der Waals surface area contributed by atoms with Gasteiger partial charge in [-0.2, -0.15) is 0 Å². The third kappa shape index (κ3) is 6.08. The first-order valence-electron chi connectivity index (χ1n) is 25.3. The average molecular weight is 916 g/mol. The van der Waals surface area contributed by atoms with Crippen LogP contribution in [0, 0.1) is 26.2 Å². The Hall–Kier alpha value is -6.17. The van der Waals surface area contributed by atoms with Gasteiger partial charge in [-0.3, -0.25) is 0 Å². The molecule has 3 nitrogen and oxygen atoms in total. The number of hydrogen-bond acceptors (Lipinski definition) is 3. The number of anilines is 4. The fourth-order valence-electron chi connectivity index (χ4n) is 13.3. The first-order chi connectivity index (χ1) is 33.0. The lowest BCUT2D eigenvalue weighted by atomic mass is 9.29. The van der Waals surface area contributed by atoms with E-state index in [0.29, 0.717) is 5.25 Å². The van der Waals surface area contributed by atoms with Crippen molar-refractivity contribution in [3.63, 3.8) is 0 Å². The molecule has 0 saturated carbocycles. The Balaban J connectivity index is 1.12. The van der Waals surface area contributed by atoms with E-state index >= 15 is 0 Å². The van der Waals surface area contributed by atoms with E-state index in [1.807, 2.05) is 0 Å². The van der Waals surface area contributed by atoms with Crippen LogP contribution in [0.15, 0.2) is 161 Å². The molecule has 13 rings (SSSR count). The summed E-state index contributed by atoms with van der Waals surface area (Å²) in [5.41, 5.74) is 28.6. The Morgan fingerprint density at radius 2 is 1.39 bits per heavy atom. The number of aromatic nitrogens is 1. The largest absolute Gasteiger partial charge is 0.314 e. The normalized spacial score (nSPS) is 19.2. The van der Waals surface area contributed by atoms with Crippen molar-refractivity contribution in [3.05, 3.63) is 195 Å². The maximum absolute atomic E-state index is 2.76. The summed E-state index contributed by atoms with van der Waals surface area (Å²) in [4.78, 5) is 6.70. The van der Waals surface area contributed by atoms with Gasteiger partial charge in [-0.25, -0.2) is 0 Å². The molecule has 7 aromatic rings. The monoisotopic (exact) mass is 915 g/mol. The third-order valence-electron chi connectivity index (χ3n) is 16.7. The van der Waals surface area contributed by atoms with Crippen molar-refractivity contribution in [2.45, 2.75) is 116 Å². The fraction of sp³-hybridized carbons (Fsp3) is 0.281. The predicted octanol–water partition coefficient (Wildman–Crippen LogP) is 15.8. The van der Waals surface area contributed by atoms with E-state index in [-0.39, 0.29) is 28.8 Å². The number of allylic oxidation sites excluding steroid dienone is 6. The Labute approximate surface area is 414 Å². The lowest BCUT2D eigenvalue weighted by Crippen LogP contribution is -2.57. The molecule has 3 aliphatic carbocycles. The third-order valence-corrected chi connectivity index (χ3v) is 18.1. The van der Waals surface area contributed by atoms with Crippen molar-refractivity contribution in [1.82, 2.24) is 4.57 Å². The second-order valence-electron chi connectivity index (χ2n) is 23.4. The molecule has 5 heteroatoms. The zero-order valence-corrected chi connectivity index (χ0v) is 43.0. The van der Waals surface area contributed by atoms with Crippen LogP contribution in [-0.2, 0) is 10.8 Å². The van der Waals surface area contributed by atoms with Crippen LogP contribution in [0.4, 0.5) is 22.7 Å². The van der Waals surface area contributed by atoms with E-state index in [0.717, 1.165) is 12.8 Å². The molecule has 69 heavy (non-hydrogen) atoms. The molecule has 3 aliphatic heterocycles. The van der Waals surface area contributed by atoms with E-state index in [1.165, 1.54) is 128 Å². The van der Waals surface area contributed by atoms with Crippen molar-refractivity contribution >= 4 is 68.6 Å². The number of rotatable bonds is 4. The Morgan fingerprint density at radius 1 is 0.710 bits per heavy atom. The summed E-state index contributed by atoms with van der Waals surface area (Å²) in [7, 11) is 0. The molecule has 6 aliphatic rings. The lowest BCUT2D eigenvalue weighted by molar-refractivity contribution is 0.484. The molecule has 0 radical (unpaired) electrons. The summed E-state index contributed by atoms with van der Waals surface area (Å²) in [5.74, 6) is 0.188. The Kier molecular flexibility index (Phi) is 9.13. The van der Waals surface area contributed by atoms with Crippen molar-refractivity contribution in [1.29, 1.82) is 0 Å². The molecule has 0 fully saturated rings. The van der Waals surface area contributed by atoms with Gasteiger partial charge in [-0.1, -0.05) is 158 Å². The maximum atomic E-state index is 2.76. The highest BCUT2D eigenvalue weighted by atomic mass is 32.2. The van der Waals surface area contributed by atoms with Crippen molar-refractivity contribution in [3.8, 4) is 16.9 Å². The van der Waals surface area contributed by atoms with Gasteiger partial charge in [0.2, 0.25) is 6.71 Å². The van der Waals surface area contributed by atoms with Crippen LogP contribution in [0.25, 0.3) is 33.4 Å². The van der Waals surface area contributed by atoms with E-state index in [9.17, 15) is 0 Å². The highest BCUT2D eigenvalue weighted by Gasteiger charge is 2.51. The standard InChI is InChI=1S/C64H62BN3S/c1-37-31-54-58-55(32-37)68-59-46(57-60(68)45-21-14-15-23-47(45)64(57,10)11)33-41(63(7,8)9)34-49(59)65(58)48-30-28-42(66(50-24-16-12-19-38(50)2)51-25-17-13-20-39(51)3)36-53(48)67(54)52-26-18-22-44-43-29-27-40(62(4,5)6)35-56(43)69-61(44)52/h12-29,31-34,36,48,56H,30,35H2,1-11H3. The van der Waals surface area contributed by atoms with Gasteiger partial charge < -0.3 is 14.4 Å². The SMILES string of the molecule is Cc1cc2c3c(c1)-n1c4c(c5cc(C(C)(C)C)cc(c51)B3C1CC=C(N(c3ccccc3C)c3ccccc3C)C=C1N2c1cccc2c1SC1CC(C(C)(C)C)=CC=C21)C(C)(C)c1ccccc1-4. The van der Waals surface area contributed by atoms with Crippen LogP contribution in [0.3, 0.4) is 0 Å². The average Bonchev–Trinajstić information content (AvgIpc) is 3.95. The topological polar surface area (TPSA) is 11.4 Å². The predicted molar refractivity (Wildman–Crippen MR) is 297 cm³/mol. The number of nitrogens with zero attached hydrogens (tertiary/aromatic N) is 3. The molecular formula is C64H62BN3S. The summed E-state index contributed by atoms with van der Waals surface area (Å²) in [6.45, 7) is 26.2. The quantitative estimate of drug-likeness (QED) is 0.163.